The van der Waals surface area contributed by atoms with Gasteiger partial charge >= 0.3 is 6.09 Å². The topological polar surface area (TPSA) is 92.9 Å². The van der Waals surface area contributed by atoms with Crippen molar-refractivity contribution >= 4 is 11.8 Å². The first kappa shape index (κ1) is 14.7. The molecule has 104 valence electrons. The molecule has 7 nitrogen and oxygen atoms in total. The molecule has 0 radical (unpaired) electrons. The lowest BCUT2D eigenvalue weighted by Crippen LogP contribution is -2.30. The fraction of sp³-hybridized carbons (Fsp3) is 0.417. The highest BCUT2D eigenvalue weighted by atomic mass is 16.6. The first-order chi connectivity index (χ1) is 9.04. The predicted octanol–water partition coefficient (Wildman–Crippen LogP) is 2.36. The molecule has 0 spiro atoms. The summed E-state index contributed by atoms with van der Waals surface area (Å²) in [7, 11) is 0. The average Bonchev–Trinajstić information content (AvgIpc) is 2.38. The minimum absolute atomic E-state index is 0.00962. The lowest BCUT2D eigenvalue weighted by Gasteiger charge is -2.16. The normalized spacial score (nSPS) is 9.95. The number of amides is 1. The van der Waals surface area contributed by atoms with Crippen molar-refractivity contribution < 1.29 is 19.6 Å². The van der Waals surface area contributed by atoms with E-state index in [9.17, 15) is 14.9 Å². The Morgan fingerprint density at radius 2 is 2.05 bits per heavy atom. The Bertz CT molecular complexity index is 432. The van der Waals surface area contributed by atoms with E-state index in [2.05, 4.69) is 0 Å². The monoisotopic (exact) mass is 268 g/mol. The highest BCUT2D eigenvalue weighted by molar-refractivity contribution is 5.64. The zero-order valence-electron chi connectivity index (χ0n) is 10.6. The smallest absolute Gasteiger partial charge is 0.407 e. The molecule has 0 unspecified atom stereocenters. The summed E-state index contributed by atoms with van der Waals surface area (Å²) in [5.41, 5.74) is 0.00962. The highest BCUT2D eigenvalue weighted by Crippen LogP contribution is 2.17. The van der Waals surface area contributed by atoms with Gasteiger partial charge in [-0.1, -0.05) is 0 Å². The van der Waals surface area contributed by atoms with Crippen LogP contribution in [0.5, 0.6) is 5.75 Å². The summed E-state index contributed by atoms with van der Waals surface area (Å²) in [6, 6.07) is 5.77. The molecule has 7 heteroatoms. The number of ether oxygens (including phenoxy) is 1. The number of nitro benzene ring substituents is 1. The Morgan fingerprint density at radius 3 is 2.53 bits per heavy atom. The Hall–Kier alpha value is -2.31. The van der Waals surface area contributed by atoms with Crippen LogP contribution in [0.15, 0.2) is 24.3 Å². The molecule has 1 N–H and O–H groups in total. The summed E-state index contributed by atoms with van der Waals surface area (Å²) in [5.74, 6) is 0.531. The second kappa shape index (κ2) is 7.20. The zero-order valence-corrected chi connectivity index (χ0v) is 10.6. The third-order valence-corrected chi connectivity index (χ3v) is 2.54. The first-order valence-electron chi connectivity index (χ1n) is 5.89. The van der Waals surface area contributed by atoms with Gasteiger partial charge in [0.25, 0.3) is 5.69 Å². The maximum atomic E-state index is 10.7. The van der Waals surface area contributed by atoms with Gasteiger partial charge in [-0.15, -0.1) is 0 Å². The van der Waals surface area contributed by atoms with E-state index in [1.807, 2.05) is 0 Å². The van der Waals surface area contributed by atoms with E-state index in [0.717, 1.165) is 0 Å². The number of benzene rings is 1. The molecular formula is C12H16N2O5. The van der Waals surface area contributed by atoms with Crippen LogP contribution in [-0.2, 0) is 0 Å². The lowest BCUT2D eigenvalue weighted by molar-refractivity contribution is -0.384. The predicted molar refractivity (Wildman–Crippen MR) is 68.5 cm³/mol. The molecule has 0 aromatic heterocycles. The molecular weight excluding hydrogens is 252 g/mol. The van der Waals surface area contributed by atoms with Gasteiger partial charge in [0.1, 0.15) is 5.75 Å². The van der Waals surface area contributed by atoms with Crippen LogP contribution in [0.4, 0.5) is 10.5 Å². The van der Waals surface area contributed by atoms with Gasteiger partial charge < -0.3 is 14.7 Å². The lowest BCUT2D eigenvalue weighted by atomic mass is 10.3. The van der Waals surface area contributed by atoms with E-state index < -0.39 is 11.0 Å². The van der Waals surface area contributed by atoms with Gasteiger partial charge in [-0.3, -0.25) is 10.1 Å². The standard InChI is InChI=1S/C12H16N2O5/c1-2-13(12(15)16)8-3-9-19-11-6-4-10(5-7-11)14(17)18/h4-7H,2-3,8-9H2,1H3,(H,15,16). The minimum Gasteiger partial charge on any atom is -0.494 e. The molecule has 0 aliphatic carbocycles. The van der Waals surface area contributed by atoms with Gasteiger partial charge in [0.2, 0.25) is 0 Å². The molecule has 0 atom stereocenters. The Balaban J connectivity index is 2.33. The van der Waals surface area contributed by atoms with Gasteiger partial charge in [0.15, 0.2) is 0 Å². The molecule has 0 aliphatic rings. The van der Waals surface area contributed by atoms with Crippen molar-refractivity contribution in [1.29, 1.82) is 0 Å². The maximum Gasteiger partial charge on any atom is 0.407 e. The first-order valence-corrected chi connectivity index (χ1v) is 5.89. The molecule has 0 saturated carbocycles. The van der Waals surface area contributed by atoms with Gasteiger partial charge in [-0.05, 0) is 25.5 Å². The number of nitrogens with zero attached hydrogens (tertiary/aromatic N) is 2. The van der Waals surface area contributed by atoms with Crippen LogP contribution < -0.4 is 4.74 Å². The number of hydrogen-bond acceptors (Lipinski definition) is 4. The van der Waals surface area contributed by atoms with E-state index in [4.69, 9.17) is 9.84 Å². The maximum absolute atomic E-state index is 10.7. The van der Waals surface area contributed by atoms with E-state index >= 15 is 0 Å². The molecule has 1 amide bonds. The summed E-state index contributed by atoms with van der Waals surface area (Å²) in [4.78, 5) is 22.0. The fourth-order valence-electron chi connectivity index (χ4n) is 1.50. The number of non-ortho nitro benzene ring substituents is 1. The third kappa shape index (κ3) is 4.82. The second-order valence-electron chi connectivity index (χ2n) is 3.82. The van der Waals surface area contributed by atoms with Crippen LogP contribution in [-0.4, -0.2) is 40.7 Å². The van der Waals surface area contributed by atoms with E-state index in [1.165, 1.54) is 29.2 Å². The van der Waals surface area contributed by atoms with Crippen LogP contribution in [0.25, 0.3) is 0 Å². The molecule has 0 bridgehead atoms. The number of carbonyl (C=O) groups is 1. The van der Waals surface area contributed by atoms with Gasteiger partial charge in [0.05, 0.1) is 11.5 Å². The zero-order chi connectivity index (χ0) is 14.3. The Kier molecular flexibility index (Phi) is 5.59. The summed E-state index contributed by atoms with van der Waals surface area (Å²) in [6.45, 7) is 2.97. The number of hydrogen-bond donors (Lipinski definition) is 1. The van der Waals surface area contributed by atoms with Crippen molar-refractivity contribution in [2.45, 2.75) is 13.3 Å². The summed E-state index contributed by atoms with van der Waals surface area (Å²) in [6.07, 6.45) is -0.380. The molecule has 0 saturated heterocycles. The van der Waals surface area contributed by atoms with Crippen molar-refractivity contribution in [3.8, 4) is 5.75 Å². The van der Waals surface area contributed by atoms with Crippen molar-refractivity contribution in [1.82, 2.24) is 4.90 Å². The second-order valence-corrected chi connectivity index (χ2v) is 3.82. The summed E-state index contributed by atoms with van der Waals surface area (Å²) >= 11 is 0. The van der Waals surface area contributed by atoms with E-state index in [0.29, 0.717) is 31.9 Å². The quantitative estimate of drug-likeness (QED) is 0.465. The van der Waals surface area contributed by atoms with Crippen LogP contribution in [0, 0.1) is 10.1 Å². The van der Waals surface area contributed by atoms with Crippen LogP contribution in [0.1, 0.15) is 13.3 Å². The Labute approximate surface area is 110 Å². The van der Waals surface area contributed by atoms with Crippen molar-refractivity contribution in [2.75, 3.05) is 19.7 Å². The fourth-order valence-corrected chi connectivity index (χ4v) is 1.50. The van der Waals surface area contributed by atoms with Crippen LogP contribution in [0.3, 0.4) is 0 Å². The van der Waals surface area contributed by atoms with Crippen molar-refractivity contribution in [3.63, 3.8) is 0 Å². The number of nitro groups is 1. The van der Waals surface area contributed by atoms with Crippen LogP contribution >= 0.6 is 0 Å². The molecule has 0 fully saturated rings. The van der Waals surface area contributed by atoms with Crippen molar-refractivity contribution in [2.24, 2.45) is 0 Å². The number of rotatable bonds is 7. The third-order valence-electron chi connectivity index (χ3n) is 2.54. The van der Waals surface area contributed by atoms with Gasteiger partial charge in [-0.2, -0.15) is 0 Å². The van der Waals surface area contributed by atoms with E-state index in [-0.39, 0.29) is 5.69 Å². The van der Waals surface area contributed by atoms with Crippen LogP contribution in [0.2, 0.25) is 0 Å². The summed E-state index contributed by atoms with van der Waals surface area (Å²) in [5, 5.41) is 19.2. The SMILES string of the molecule is CCN(CCCOc1ccc([N+](=O)[O-])cc1)C(=O)O. The molecule has 1 rings (SSSR count). The van der Waals surface area contributed by atoms with E-state index in [1.54, 1.807) is 6.92 Å². The largest absolute Gasteiger partial charge is 0.494 e. The molecule has 1 aromatic rings. The van der Waals surface area contributed by atoms with Gasteiger partial charge in [0, 0.05) is 25.2 Å². The minimum atomic E-state index is -0.946. The average molecular weight is 268 g/mol. The van der Waals surface area contributed by atoms with Gasteiger partial charge in [-0.25, -0.2) is 4.79 Å². The molecule has 0 heterocycles. The Morgan fingerprint density at radius 1 is 1.42 bits per heavy atom. The summed E-state index contributed by atoms with van der Waals surface area (Å²) < 4.78 is 5.37. The molecule has 1 aromatic carbocycles. The highest BCUT2D eigenvalue weighted by Gasteiger charge is 2.08. The van der Waals surface area contributed by atoms with Crippen molar-refractivity contribution in [3.05, 3.63) is 34.4 Å². The molecule has 19 heavy (non-hydrogen) atoms. The number of carboxylic acid groups (broad SMARTS) is 1. The molecule has 0 aliphatic heterocycles.